The molecule has 0 saturated heterocycles. The number of halogens is 4. The Hall–Kier alpha value is -0.210. The molecule has 0 saturated carbocycles. The quantitative estimate of drug-likeness (QED) is 0.389. The number of anilines is 1. The zero-order chi connectivity index (χ0) is 17.2. The summed E-state index contributed by atoms with van der Waals surface area (Å²) in [5.41, 5.74) is 0.360. The number of rotatable bonds is 5. The highest BCUT2D eigenvalue weighted by atomic mass is 127. The van der Waals surface area contributed by atoms with Crippen LogP contribution in [0, 0.1) is 0 Å². The Morgan fingerprint density at radius 2 is 1.61 bits per heavy atom. The standard InChI is InChI=1S/C15H13Cl3INO2S/c1-10(9-19)20(15-8-12(17)4-7-14(15)18)23(21,22)13-5-2-11(16)3-6-13/h2-8,10H,9H2,1H3/t10-/m1/s1. The molecule has 2 rings (SSSR count). The summed E-state index contributed by atoms with van der Waals surface area (Å²) < 4.78 is 28.1. The Morgan fingerprint density at radius 3 is 2.17 bits per heavy atom. The molecular formula is C15H13Cl3INO2S. The molecule has 0 fully saturated rings. The van der Waals surface area contributed by atoms with Crippen molar-refractivity contribution in [2.24, 2.45) is 0 Å². The SMILES string of the molecule is C[C@H](CI)N(c1cc(Cl)ccc1Cl)S(=O)(=O)c1ccc(Cl)cc1. The van der Waals surface area contributed by atoms with Crippen molar-refractivity contribution in [3.63, 3.8) is 0 Å². The molecule has 0 bridgehead atoms. The summed E-state index contributed by atoms with van der Waals surface area (Å²) >= 11 is 20.2. The molecule has 0 heterocycles. The Kier molecular flexibility index (Phi) is 6.47. The van der Waals surface area contributed by atoms with Gasteiger partial charge in [-0.1, -0.05) is 57.4 Å². The van der Waals surface area contributed by atoms with Gasteiger partial charge in [-0.2, -0.15) is 0 Å². The number of alkyl halides is 1. The third kappa shape index (κ3) is 4.25. The first-order chi connectivity index (χ1) is 10.8. The Morgan fingerprint density at radius 1 is 1.04 bits per heavy atom. The van der Waals surface area contributed by atoms with Crippen molar-refractivity contribution >= 4 is 73.1 Å². The fraction of sp³-hybridized carbons (Fsp3) is 0.200. The van der Waals surface area contributed by atoms with E-state index >= 15 is 0 Å². The highest BCUT2D eigenvalue weighted by Gasteiger charge is 2.30. The number of sulfonamides is 1. The second kappa shape index (κ2) is 7.78. The first kappa shape index (κ1) is 19.1. The van der Waals surface area contributed by atoms with Gasteiger partial charge in [-0.15, -0.1) is 0 Å². The van der Waals surface area contributed by atoms with E-state index in [0.29, 0.717) is 25.2 Å². The molecule has 0 radical (unpaired) electrons. The van der Waals surface area contributed by atoms with Gasteiger partial charge >= 0.3 is 0 Å². The highest BCUT2D eigenvalue weighted by molar-refractivity contribution is 14.1. The molecule has 0 spiro atoms. The molecule has 23 heavy (non-hydrogen) atoms. The fourth-order valence-corrected chi connectivity index (χ4v) is 4.92. The second-order valence-electron chi connectivity index (χ2n) is 4.85. The van der Waals surface area contributed by atoms with Crippen LogP contribution in [0.4, 0.5) is 5.69 Å². The number of hydrogen-bond donors (Lipinski definition) is 0. The van der Waals surface area contributed by atoms with Crippen molar-refractivity contribution in [2.75, 3.05) is 8.73 Å². The molecule has 2 aromatic rings. The van der Waals surface area contributed by atoms with E-state index in [1.54, 1.807) is 30.3 Å². The van der Waals surface area contributed by atoms with E-state index in [0.717, 1.165) is 0 Å². The summed E-state index contributed by atoms with van der Waals surface area (Å²) in [5.74, 6) is 0. The van der Waals surface area contributed by atoms with E-state index in [-0.39, 0.29) is 10.9 Å². The summed E-state index contributed by atoms with van der Waals surface area (Å²) in [6.45, 7) is 1.82. The molecule has 8 heteroatoms. The smallest absolute Gasteiger partial charge is 0.261 e. The second-order valence-corrected chi connectivity index (χ2v) is 8.83. The average Bonchev–Trinajstić information content (AvgIpc) is 2.51. The third-order valence-corrected chi connectivity index (χ3v) is 7.16. The van der Waals surface area contributed by atoms with Crippen LogP contribution in [0.15, 0.2) is 47.4 Å². The minimum Gasteiger partial charge on any atom is -0.261 e. The summed E-state index contributed by atoms with van der Waals surface area (Å²) in [6, 6.07) is 10.5. The molecule has 124 valence electrons. The number of nitrogens with zero attached hydrogens (tertiary/aromatic N) is 1. The van der Waals surface area contributed by atoms with Gasteiger partial charge < -0.3 is 0 Å². The van der Waals surface area contributed by atoms with Crippen LogP contribution < -0.4 is 4.31 Å². The minimum absolute atomic E-state index is 0.148. The van der Waals surface area contributed by atoms with E-state index in [2.05, 4.69) is 22.6 Å². The van der Waals surface area contributed by atoms with Crippen LogP contribution in [0.25, 0.3) is 0 Å². The van der Waals surface area contributed by atoms with Gasteiger partial charge in [0.15, 0.2) is 0 Å². The maximum atomic E-state index is 13.1. The maximum Gasteiger partial charge on any atom is 0.264 e. The van der Waals surface area contributed by atoms with Gasteiger partial charge in [-0.3, -0.25) is 4.31 Å². The van der Waals surface area contributed by atoms with Gasteiger partial charge in [0.25, 0.3) is 10.0 Å². The van der Waals surface area contributed by atoms with Crippen LogP contribution in [0.5, 0.6) is 0 Å². The molecule has 0 N–H and O–H groups in total. The molecular weight excluding hydrogens is 492 g/mol. The third-order valence-electron chi connectivity index (χ3n) is 3.14. The molecule has 0 aromatic heterocycles. The molecule has 0 aliphatic rings. The van der Waals surface area contributed by atoms with Crippen molar-refractivity contribution in [1.29, 1.82) is 0 Å². The van der Waals surface area contributed by atoms with Gasteiger partial charge in [-0.25, -0.2) is 8.42 Å². The lowest BCUT2D eigenvalue weighted by Gasteiger charge is -2.30. The number of benzene rings is 2. The van der Waals surface area contributed by atoms with E-state index in [9.17, 15) is 8.42 Å². The van der Waals surface area contributed by atoms with Crippen molar-refractivity contribution in [3.05, 3.63) is 57.5 Å². The predicted octanol–water partition coefficient (Wildman–Crippen LogP) is 5.67. The van der Waals surface area contributed by atoms with Crippen LogP contribution in [-0.2, 0) is 10.0 Å². The van der Waals surface area contributed by atoms with Crippen molar-refractivity contribution in [1.82, 2.24) is 0 Å². The first-order valence-electron chi connectivity index (χ1n) is 6.58. The molecule has 0 aliphatic carbocycles. The summed E-state index contributed by atoms with van der Waals surface area (Å²) in [5, 5.41) is 1.21. The highest BCUT2D eigenvalue weighted by Crippen LogP contribution is 2.35. The topological polar surface area (TPSA) is 37.4 Å². The van der Waals surface area contributed by atoms with E-state index in [1.807, 2.05) is 6.92 Å². The monoisotopic (exact) mass is 503 g/mol. The number of hydrogen-bond acceptors (Lipinski definition) is 2. The Balaban J connectivity index is 2.63. The van der Waals surface area contributed by atoms with Crippen molar-refractivity contribution in [2.45, 2.75) is 17.9 Å². The lowest BCUT2D eigenvalue weighted by atomic mass is 10.3. The van der Waals surface area contributed by atoms with Crippen molar-refractivity contribution < 1.29 is 8.42 Å². The molecule has 3 nitrogen and oxygen atoms in total. The van der Waals surface area contributed by atoms with Crippen LogP contribution in [0.2, 0.25) is 15.1 Å². The van der Waals surface area contributed by atoms with Crippen LogP contribution in [-0.4, -0.2) is 18.9 Å². The Bertz CT molecular complexity index is 797. The van der Waals surface area contributed by atoms with Crippen LogP contribution in [0.1, 0.15) is 6.92 Å². The zero-order valence-corrected chi connectivity index (χ0v) is 17.3. The molecule has 0 unspecified atom stereocenters. The van der Waals surface area contributed by atoms with Gasteiger partial charge in [0, 0.05) is 14.5 Å². The largest absolute Gasteiger partial charge is 0.264 e. The summed E-state index contributed by atoms with van der Waals surface area (Å²) in [4.78, 5) is 0.148. The van der Waals surface area contributed by atoms with Gasteiger partial charge in [0.2, 0.25) is 0 Å². The fourth-order valence-electron chi connectivity index (χ4n) is 2.04. The summed E-state index contributed by atoms with van der Waals surface area (Å²) in [7, 11) is -3.79. The van der Waals surface area contributed by atoms with Crippen LogP contribution in [0.3, 0.4) is 0 Å². The lowest BCUT2D eigenvalue weighted by molar-refractivity contribution is 0.585. The van der Waals surface area contributed by atoms with E-state index in [4.69, 9.17) is 34.8 Å². The molecule has 0 amide bonds. The van der Waals surface area contributed by atoms with E-state index in [1.165, 1.54) is 16.4 Å². The average molecular weight is 505 g/mol. The minimum atomic E-state index is -3.79. The van der Waals surface area contributed by atoms with Crippen LogP contribution >= 0.6 is 57.4 Å². The Labute approximate surface area is 164 Å². The lowest BCUT2D eigenvalue weighted by Crippen LogP contribution is -2.40. The molecule has 1 atom stereocenters. The van der Waals surface area contributed by atoms with Gasteiger partial charge in [0.1, 0.15) is 0 Å². The van der Waals surface area contributed by atoms with E-state index < -0.39 is 10.0 Å². The first-order valence-corrected chi connectivity index (χ1v) is 10.7. The van der Waals surface area contributed by atoms with Gasteiger partial charge in [0.05, 0.1) is 21.6 Å². The molecule has 2 aromatic carbocycles. The maximum absolute atomic E-state index is 13.1. The van der Waals surface area contributed by atoms with Crippen molar-refractivity contribution in [3.8, 4) is 0 Å². The summed E-state index contributed by atoms with van der Waals surface area (Å²) in [6.07, 6.45) is 0. The zero-order valence-electron chi connectivity index (χ0n) is 12.0. The molecule has 0 aliphatic heterocycles. The van der Waals surface area contributed by atoms with Gasteiger partial charge in [-0.05, 0) is 49.4 Å². The normalized spacial score (nSPS) is 12.9. The predicted molar refractivity (Wildman–Crippen MR) is 106 cm³/mol.